The Bertz CT molecular complexity index is 2260. The van der Waals surface area contributed by atoms with E-state index < -0.39 is 52.3 Å². The fourth-order valence-electron chi connectivity index (χ4n) is 7.79. The summed E-state index contributed by atoms with van der Waals surface area (Å²) in [5.74, 6) is -3.54. The van der Waals surface area contributed by atoms with E-state index in [0.717, 1.165) is 9.58 Å². The van der Waals surface area contributed by atoms with Crippen molar-refractivity contribution in [2.24, 2.45) is 5.92 Å². The van der Waals surface area contributed by atoms with Crippen LogP contribution in [0.3, 0.4) is 0 Å². The van der Waals surface area contributed by atoms with Crippen molar-refractivity contribution in [3.8, 4) is 11.4 Å². The quantitative estimate of drug-likeness (QED) is 0.204. The van der Waals surface area contributed by atoms with E-state index in [4.69, 9.17) is 11.6 Å². The average Bonchev–Trinajstić information content (AvgIpc) is 3.47. The number of aromatic nitrogens is 3. The van der Waals surface area contributed by atoms with Gasteiger partial charge < -0.3 is 5.11 Å². The molecule has 1 aromatic heterocycles. The molecule has 5 aromatic rings. The maximum Gasteiger partial charge on any atom is 0.352 e. The number of phenols is 1. The molecular formula is C36H27ClFN5O5. The third-order valence-corrected chi connectivity index (χ3v) is 9.99. The molecule has 3 aliphatic rings. The van der Waals surface area contributed by atoms with Crippen LogP contribution in [-0.2, 0) is 21.5 Å². The smallest absolute Gasteiger partial charge is 0.352 e. The van der Waals surface area contributed by atoms with E-state index in [9.17, 15) is 23.9 Å². The first-order valence-corrected chi connectivity index (χ1v) is 15.7. The lowest BCUT2D eigenvalue weighted by atomic mass is 9.53. The van der Waals surface area contributed by atoms with Gasteiger partial charge in [0.05, 0.1) is 35.3 Å². The molecule has 3 heterocycles. The lowest BCUT2D eigenvalue weighted by Crippen LogP contribution is -2.53. The molecule has 0 bridgehead atoms. The second-order valence-electron chi connectivity index (χ2n) is 12.2. The van der Waals surface area contributed by atoms with Gasteiger partial charge in [-0.2, -0.15) is 5.01 Å². The molecule has 1 saturated heterocycles. The summed E-state index contributed by atoms with van der Waals surface area (Å²) in [6.45, 7) is 0.0378. The molecular weight excluding hydrogens is 637 g/mol. The predicted octanol–water partition coefficient (Wildman–Crippen LogP) is 4.92. The highest BCUT2D eigenvalue weighted by molar-refractivity contribution is 6.30. The van der Waals surface area contributed by atoms with Gasteiger partial charge in [-0.15, -0.1) is 0 Å². The number of hydrogen-bond donors (Lipinski definition) is 2. The summed E-state index contributed by atoms with van der Waals surface area (Å²) >= 11 is 6.31. The van der Waals surface area contributed by atoms with Crippen molar-refractivity contribution in [2.45, 2.75) is 30.3 Å². The molecule has 2 N–H and O–H groups in total. The molecule has 2 fully saturated rings. The van der Waals surface area contributed by atoms with E-state index in [1.807, 2.05) is 6.08 Å². The third kappa shape index (κ3) is 4.24. The zero-order valence-electron chi connectivity index (χ0n) is 25.2. The average molecular weight is 664 g/mol. The first kappa shape index (κ1) is 29.7. The van der Waals surface area contributed by atoms with Crippen LogP contribution in [-0.4, -0.2) is 35.9 Å². The highest BCUT2D eigenvalue weighted by Gasteiger charge is 2.68. The van der Waals surface area contributed by atoms with Crippen LogP contribution < -0.4 is 16.8 Å². The molecule has 12 heteroatoms. The van der Waals surface area contributed by atoms with Crippen molar-refractivity contribution in [3.05, 3.63) is 158 Å². The summed E-state index contributed by atoms with van der Waals surface area (Å²) in [5.41, 5.74) is 2.68. The summed E-state index contributed by atoms with van der Waals surface area (Å²) in [5, 5.41) is 12.1. The Balaban J connectivity index is 1.38. The zero-order valence-corrected chi connectivity index (χ0v) is 25.9. The molecule has 1 aliphatic carbocycles. The second-order valence-corrected chi connectivity index (χ2v) is 12.6. The number of halogens is 2. The van der Waals surface area contributed by atoms with Gasteiger partial charge in [0.1, 0.15) is 11.6 Å². The number of fused-ring (bicyclic) bond motifs is 4. The fraction of sp³-hybridized carbons (Fsp3) is 0.167. The summed E-state index contributed by atoms with van der Waals surface area (Å²) in [7, 11) is 0. The molecule has 4 aromatic carbocycles. The van der Waals surface area contributed by atoms with Crippen molar-refractivity contribution in [2.75, 3.05) is 5.43 Å². The molecule has 2 aliphatic heterocycles. The van der Waals surface area contributed by atoms with E-state index in [-0.39, 0.29) is 18.7 Å². The van der Waals surface area contributed by atoms with Crippen molar-refractivity contribution in [3.63, 3.8) is 0 Å². The minimum Gasteiger partial charge on any atom is -0.508 e. The van der Waals surface area contributed by atoms with E-state index in [0.29, 0.717) is 33.1 Å². The first-order chi connectivity index (χ1) is 23.2. The Morgan fingerprint density at radius 3 is 2.29 bits per heavy atom. The number of allylic oxidation sites excluding steroid dienone is 2. The number of para-hydroxylation sites is 1. The minimum atomic E-state index is -1.56. The SMILES string of the molecule is O=C1C2CC3C(=CCn4c(=O)n(-c5ccccc5)c(=O)n43)C(c3cccc(O)c3)C2(c2ccc(Cl)cc2)C(=O)N1Nc1ccc(F)cc1. The van der Waals surface area contributed by atoms with Gasteiger partial charge in [-0.3, -0.25) is 15.0 Å². The number of hydrogen-bond acceptors (Lipinski definition) is 6. The molecule has 4 atom stereocenters. The number of phenolic OH excluding ortho intramolecular Hbond substituents is 1. The number of imide groups is 1. The topological polar surface area (TPSA) is 119 Å². The number of anilines is 1. The zero-order chi connectivity index (χ0) is 33.3. The summed E-state index contributed by atoms with van der Waals surface area (Å²) < 4.78 is 17.6. The number of rotatable bonds is 5. The Hall–Kier alpha value is -5.68. The van der Waals surface area contributed by atoms with E-state index in [1.54, 1.807) is 72.8 Å². The molecule has 2 amide bonds. The van der Waals surface area contributed by atoms with Crippen molar-refractivity contribution >= 4 is 29.1 Å². The molecule has 0 spiro atoms. The molecule has 0 radical (unpaired) electrons. The van der Waals surface area contributed by atoms with Gasteiger partial charge in [0.25, 0.3) is 11.8 Å². The number of nitrogens with one attached hydrogen (secondary N) is 1. The van der Waals surface area contributed by atoms with Gasteiger partial charge in [-0.25, -0.2) is 27.9 Å². The molecule has 8 rings (SSSR count). The molecule has 10 nitrogen and oxygen atoms in total. The third-order valence-electron chi connectivity index (χ3n) is 9.74. The monoisotopic (exact) mass is 663 g/mol. The maximum atomic E-state index is 15.0. The maximum absolute atomic E-state index is 15.0. The number of nitrogens with zero attached hydrogens (tertiary/aromatic N) is 4. The molecule has 48 heavy (non-hydrogen) atoms. The van der Waals surface area contributed by atoms with Crippen LogP contribution in [0.5, 0.6) is 5.75 Å². The van der Waals surface area contributed by atoms with Gasteiger partial charge in [-0.05, 0) is 83.8 Å². The summed E-state index contributed by atoms with van der Waals surface area (Å²) in [6, 6.07) is 26.3. The van der Waals surface area contributed by atoms with Crippen LogP contribution in [0, 0.1) is 11.7 Å². The largest absolute Gasteiger partial charge is 0.508 e. The summed E-state index contributed by atoms with van der Waals surface area (Å²) in [6.07, 6.45) is 1.85. The Morgan fingerprint density at radius 2 is 1.58 bits per heavy atom. The minimum absolute atomic E-state index is 0.00803. The normalized spacial score (nSPS) is 22.9. The first-order valence-electron chi connectivity index (χ1n) is 15.4. The Kier molecular flexibility index (Phi) is 6.78. The van der Waals surface area contributed by atoms with E-state index >= 15 is 4.79 Å². The van der Waals surface area contributed by atoms with Crippen molar-refractivity contribution < 1.29 is 19.1 Å². The highest BCUT2D eigenvalue weighted by Crippen LogP contribution is 2.62. The second kappa shape index (κ2) is 11.0. The number of benzene rings is 4. The Morgan fingerprint density at radius 1 is 0.854 bits per heavy atom. The van der Waals surface area contributed by atoms with Gasteiger partial charge in [0.2, 0.25) is 0 Å². The number of carbonyl (C=O) groups is 2. The van der Waals surface area contributed by atoms with Crippen LogP contribution >= 0.6 is 11.6 Å². The molecule has 240 valence electrons. The van der Waals surface area contributed by atoms with Gasteiger partial charge >= 0.3 is 11.4 Å². The van der Waals surface area contributed by atoms with Crippen LogP contribution in [0.2, 0.25) is 5.02 Å². The number of hydrazine groups is 1. The number of carbonyl (C=O) groups excluding carboxylic acids is 2. The van der Waals surface area contributed by atoms with Gasteiger partial charge in [-0.1, -0.05) is 60.1 Å². The summed E-state index contributed by atoms with van der Waals surface area (Å²) in [4.78, 5) is 57.5. The van der Waals surface area contributed by atoms with Crippen LogP contribution in [0.15, 0.2) is 124 Å². The van der Waals surface area contributed by atoms with E-state index in [2.05, 4.69) is 5.43 Å². The molecule has 1 saturated carbocycles. The highest BCUT2D eigenvalue weighted by atomic mass is 35.5. The number of amides is 2. The Labute approximate surface area is 277 Å². The van der Waals surface area contributed by atoms with E-state index in [1.165, 1.54) is 39.7 Å². The van der Waals surface area contributed by atoms with Crippen LogP contribution in [0.4, 0.5) is 10.1 Å². The van der Waals surface area contributed by atoms with Gasteiger partial charge in [0.15, 0.2) is 0 Å². The predicted molar refractivity (Wildman–Crippen MR) is 175 cm³/mol. The van der Waals surface area contributed by atoms with Crippen molar-refractivity contribution in [1.82, 2.24) is 18.9 Å². The van der Waals surface area contributed by atoms with Crippen LogP contribution in [0.1, 0.15) is 29.5 Å². The number of aromatic hydroxyl groups is 1. The van der Waals surface area contributed by atoms with Crippen molar-refractivity contribution in [1.29, 1.82) is 0 Å². The fourth-order valence-corrected chi connectivity index (χ4v) is 7.92. The van der Waals surface area contributed by atoms with Crippen LogP contribution in [0.25, 0.3) is 5.69 Å². The lowest BCUT2D eigenvalue weighted by Gasteiger charge is -2.49. The standard InChI is InChI=1S/C36H27ClFN5O5/c37-23-11-9-22(10-12-23)36-29(32(45)42(33(36)46)39-25-15-13-24(38)14-16-25)20-30-28(31(36)21-5-4-8-27(44)19-21)17-18-40-34(47)41(35(48)43(30)40)26-6-2-1-3-7-26/h1-17,19,29-31,39,44H,18,20H2. The lowest BCUT2D eigenvalue weighted by molar-refractivity contribution is -0.138. The van der Waals surface area contributed by atoms with Gasteiger partial charge in [0, 0.05) is 10.9 Å². The molecule has 4 unspecified atom stereocenters.